The number of likely N-dealkylation sites (tertiary alicyclic amines) is 1. The van der Waals surface area contributed by atoms with Crippen molar-refractivity contribution in [1.29, 1.82) is 0 Å². The maximum Gasteiger partial charge on any atom is 0.254 e. The topological polar surface area (TPSA) is 38.1 Å². The molecule has 0 atom stereocenters. The molecule has 2 aromatic heterocycles. The zero-order valence-corrected chi connectivity index (χ0v) is 13.7. The van der Waals surface area contributed by atoms with Crippen molar-refractivity contribution in [3.05, 3.63) is 34.8 Å². The first-order valence-electron chi connectivity index (χ1n) is 7.15. The van der Waals surface area contributed by atoms with Crippen molar-refractivity contribution < 1.29 is 4.79 Å². The normalized spacial score (nSPS) is 16.3. The van der Waals surface area contributed by atoms with Gasteiger partial charge in [0.2, 0.25) is 0 Å². The summed E-state index contributed by atoms with van der Waals surface area (Å²) in [7, 11) is 2.03. The molecule has 0 bridgehead atoms. The van der Waals surface area contributed by atoms with Crippen LogP contribution in [0.15, 0.2) is 34.4 Å². The van der Waals surface area contributed by atoms with Gasteiger partial charge in [-0.1, -0.05) is 11.8 Å². The number of aryl methyl sites for hydroxylation is 1. The average molecular weight is 321 g/mol. The molecule has 1 amide bonds. The molecule has 0 aliphatic carbocycles. The van der Waals surface area contributed by atoms with Crippen LogP contribution in [0.1, 0.15) is 23.2 Å². The van der Waals surface area contributed by atoms with Gasteiger partial charge in [-0.2, -0.15) is 11.3 Å². The number of piperidine rings is 1. The van der Waals surface area contributed by atoms with Crippen LogP contribution in [0.5, 0.6) is 0 Å². The van der Waals surface area contributed by atoms with Gasteiger partial charge < -0.3 is 9.47 Å². The molecule has 3 heterocycles. The Labute approximate surface area is 133 Å². The van der Waals surface area contributed by atoms with Crippen molar-refractivity contribution >= 4 is 29.0 Å². The largest absolute Gasteiger partial charge is 0.339 e. The second-order valence-corrected chi connectivity index (χ2v) is 7.15. The smallest absolute Gasteiger partial charge is 0.254 e. The number of rotatable bonds is 4. The Bertz CT molecular complexity index is 586. The van der Waals surface area contributed by atoms with Crippen molar-refractivity contribution in [3.63, 3.8) is 0 Å². The molecule has 0 spiro atoms. The summed E-state index contributed by atoms with van der Waals surface area (Å²) in [5, 5.41) is 4.97. The molecule has 1 saturated heterocycles. The lowest BCUT2D eigenvalue weighted by Crippen LogP contribution is -2.38. The van der Waals surface area contributed by atoms with Gasteiger partial charge in [0.05, 0.1) is 5.56 Å². The molecule has 4 nitrogen and oxygen atoms in total. The van der Waals surface area contributed by atoms with Crippen LogP contribution in [0, 0.1) is 5.92 Å². The van der Waals surface area contributed by atoms with Gasteiger partial charge in [0.1, 0.15) is 0 Å². The molecule has 0 N–H and O–H groups in total. The van der Waals surface area contributed by atoms with E-state index in [9.17, 15) is 4.79 Å². The first-order chi connectivity index (χ1) is 10.2. The summed E-state index contributed by atoms with van der Waals surface area (Å²) in [5.74, 6) is 1.95. The van der Waals surface area contributed by atoms with E-state index in [1.165, 1.54) is 0 Å². The highest BCUT2D eigenvalue weighted by molar-refractivity contribution is 7.99. The fourth-order valence-corrected chi connectivity index (χ4v) is 4.30. The first kappa shape index (κ1) is 14.7. The average Bonchev–Trinajstić information content (AvgIpc) is 3.17. The third kappa shape index (κ3) is 3.49. The Morgan fingerprint density at radius 2 is 2.29 bits per heavy atom. The molecule has 0 saturated carbocycles. The lowest BCUT2D eigenvalue weighted by molar-refractivity contribution is 0.0699. The number of hydrogen-bond donors (Lipinski definition) is 0. The Morgan fingerprint density at radius 1 is 1.48 bits per heavy atom. The number of carbonyl (C=O) groups is 1. The van der Waals surface area contributed by atoms with Gasteiger partial charge in [-0.15, -0.1) is 0 Å². The molecule has 0 radical (unpaired) electrons. The van der Waals surface area contributed by atoms with Crippen LogP contribution in [0.4, 0.5) is 0 Å². The Balaban J connectivity index is 1.47. The number of thioether (sulfide) groups is 1. The lowest BCUT2D eigenvalue weighted by atomic mass is 9.98. The van der Waals surface area contributed by atoms with Gasteiger partial charge in [0.25, 0.3) is 5.91 Å². The van der Waals surface area contributed by atoms with Crippen LogP contribution < -0.4 is 0 Å². The molecular formula is C15H19N3OS2. The van der Waals surface area contributed by atoms with E-state index in [2.05, 4.69) is 9.55 Å². The third-order valence-electron chi connectivity index (χ3n) is 3.89. The van der Waals surface area contributed by atoms with E-state index in [0.29, 0.717) is 5.92 Å². The van der Waals surface area contributed by atoms with E-state index in [0.717, 1.165) is 42.4 Å². The monoisotopic (exact) mass is 321 g/mol. The van der Waals surface area contributed by atoms with E-state index in [-0.39, 0.29) is 5.91 Å². The Morgan fingerprint density at radius 3 is 2.90 bits per heavy atom. The molecule has 21 heavy (non-hydrogen) atoms. The zero-order chi connectivity index (χ0) is 14.7. The van der Waals surface area contributed by atoms with Gasteiger partial charge in [-0.05, 0) is 30.2 Å². The summed E-state index contributed by atoms with van der Waals surface area (Å²) in [6, 6.07) is 1.91. The molecule has 6 heteroatoms. The number of nitrogens with zero attached hydrogens (tertiary/aromatic N) is 3. The van der Waals surface area contributed by atoms with Crippen LogP contribution >= 0.6 is 23.1 Å². The van der Waals surface area contributed by atoms with Crippen molar-refractivity contribution in [2.45, 2.75) is 18.0 Å². The van der Waals surface area contributed by atoms with Crippen molar-refractivity contribution in [3.8, 4) is 0 Å². The zero-order valence-electron chi connectivity index (χ0n) is 12.1. The predicted molar refractivity (Wildman–Crippen MR) is 86.9 cm³/mol. The van der Waals surface area contributed by atoms with Crippen LogP contribution in [0.25, 0.3) is 0 Å². The van der Waals surface area contributed by atoms with Crippen LogP contribution in [-0.2, 0) is 7.05 Å². The molecule has 1 fully saturated rings. The van der Waals surface area contributed by atoms with E-state index in [4.69, 9.17) is 0 Å². The molecule has 2 aromatic rings. The lowest BCUT2D eigenvalue weighted by Gasteiger charge is -2.31. The fourth-order valence-electron chi connectivity index (χ4n) is 2.55. The van der Waals surface area contributed by atoms with Crippen LogP contribution in [-0.4, -0.2) is 39.2 Å². The predicted octanol–water partition coefficient (Wildman–Crippen LogP) is 3.13. The van der Waals surface area contributed by atoms with Gasteiger partial charge in [0.15, 0.2) is 5.16 Å². The van der Waals surface area contributed by atoms with Gasteiger partial charge in [-0.3, -0.25) is 4.79 Å². The Kier molecular flexibility index (Phi) is 4.65. The second-order valence-electron chi connectivity index (χ2n) is 5.38. The number of amides is 1. The molecule has 1 aliphatic heterocycles. The van der Waals surface area contributed by atoms with Crippen LogP contribution in [0.2, 0.25) is 0 Å². The summed E-state index contributed by atoms with van der Waals surface area (Å²) < 4.78 is 2.06. The minimum Gasteiger partial charge on any atom is -0.339 e. The SMILES string of the molecule is Cn1ccnc1SCC1CCN(C(=O)c2ccsc2)CC1. The Hall–Kier alpha value is -1.27. The van der Waals surface area contributed by atoms with Gasteiger partial charge in [-0.25, -0.2) is 4.98 Å². The van der Waals surface area contributed by atoms with E-state index >= 15 is 0 Å². The highest BCUT2D eigenvalue weighted by atomic mass is 32.2. The number of thiophene rings is 1. The van der Waals surface area contributed by atoms with Gasteiger partial charge >= 0.3 is 0 Å². The summed E-state index contributed by atoms with van der Waals surface area (Å²) in [4.78, 5) is 18.6. The van der Waals surface area contributed by atoms with E-state index in [1.54, 1.807) is 11.3 Å². The molecule has 3 rings (SSSR count). The molecule has 0 aromatic carbocycles. The van der Waals surface area contributed by atoms with E-state index in [1.807, 2.05) is 52.9 Å². The molecular weight excluding hydrogens is 302 g/mol. The second kappa shape index (κ2) is 6.66. The fraction of sp³-hybridized carbons (Fsp3) is 0.467. The molecule has 1 aliphatic rings. The quantitative estimate of drug-likeness (QED) is 0.812. The standard InChI is InChI=1S/C15H19N3OS2/c1-17-8-5-16-15(17)21-10-12-2-6-18(7-3-12)14(19)13-4-9-20-11-13/h4-5,8-9,11-12H,2-3,6-7,10H2,1H3. The third-order valence-corrected chi connectivity index (χ3v) is 5.87. The summed E-state index contributed by atoms with van der Waals surface area (Å²) in [6.45, 7) is 1.75. The number of hydrogen-bond acceptors (Lipinski definition) is 4. The highest BCUT2D eigenvalue weighted by Crippen LogP contribution is 2.26. The van der Waals surface area contributed by atoms with Gasteiger partial charge in [0, 0.05) is 43.7 Å². The number of carbonyl (C=O) groups excluding carboxylic acids is 1. The highest BCUT2D eigenvalue weighted by Gasteiger charge is 2.24. The van der Waals surface area contributed by atoms with Crippen LogP contribution in [0.3, 0.4) is 0 Å². The first-order valence-corrected chi connectivity index (χ1v) is 9.08. The number of aromatic nitrogens is 2. The van der Waals surface area contributed by atoms with Crippen molar-refractivity contribution in [1.82, 2.24) is 14.5 Å². The molecule has 112 valence electrons. The minimum atomic E-state index is 0.187. The number of imidazole rings is 1. The van der Waals surface area contributed by atoms with E-state index < -0.39 is 0 Å². The van der Waals surface area contributed by atoms with Crippen molar-refractivity contribution in [2.24, 2.45) is 13.0 Å². The summed E-state index contributed by atoms with van der Waals surface area (Å²) >= 11 is 3.40. The summed E-state index contributed by atoms with van der Waals surface area (Å²) in [6.07, 6.45) is 6.00. The maximum absolute atomic E-state index is 12.3. The van der Waals surface area contributed by atoms with Crippen molar-refractivity contribution in [2.75, 3.05) is 18.8 Å². The maximum atomic E-state index is 12.3. The molecule has 0 unspecified atom stereocenters. The minimum absolute atomic E-state index is 0.187. The summed E-state index contributed by atoms with van der Waals surface area (Å²) in [5.41, 5.74) is 0.834.